The topological polar surface area (TPSA) is 72.5 Å². The molecule has 0 aromatic heterocycles. The first-order chi connectivity index (χ1) is 11.4. The van der Waals surface area contributed by atoms with Gasteiger partial charge in [0.25, 0.3) is 5.91 Å². The van der Waals surface area contributed by atoms with Gasteiger partial charge in [-0.15, -0.1) is 0 Å². The van der Waals surface area contributed by atoms with Crippen molar-refractivity contribution in [2.75, 3.05) is 5.32 Å². The molecule has 0 radical (unpaired) electrons. The van der Waals surface area contributed by atoms with E-state index in [1.54, 1.807) is 48.5 Å². The minimum atomic E-state index is -0.950. The molecule has 0 fully saturated rings. The number of esters is 1. The zero-order chi connectivity index (χ0) is 17.7. The van der Waals surface area contributed by atoms with Crippen LogP contribution in [0.4, 0.5) is 5.69 Å². The van der Waals surface area contributed by atoms with E-state index in [0.717, 1.165) is 4.47 Å². The van der Waals surface area contributed by atoms with Crippen molar-refractivity contribution in [2.24, 2.45) is 0 Å². The average molecular weight is 390 g/mol. The van der Waals surface area contributed by atoms with Crippen LogP contribution < -0.4 is 5.32 Å². The Bertz CT molecular complexity index is 754. The van der Waals surface area contributed by atoms with Gasteiger partial charge in [0, 0.05) is 15.7 Å². The van der Waals surface area contributed by atoms with Crippen LogP contribution >= 0.6 is 15.9 Å². The SMILES string of the molecule is CC(=O)c1ccc(NC(=O)C(C)OC(=O)c2ccc(Br)cc2)cc1. The van der Waals surface area contributed by atoms with Crippen LogP contribution in [0, 0.1) is 0 Å². The molecular weight excluding hydrogens is 374 g/mol. The standard InChI is InChI=1S/C18H16BrNO4/c1-11(21)13-5-9-16(10-6-13)20-17(22)12(2)24-18(23)14-3-7-15(19)8-4-14/h3-10,12H,1-2H3,(H,20,22). The summed E-state index contributed by atoms with van der Waals surface area (Å²) >= 11 is 3.28. The van der Waals surface area contributed by atoms with E-state index < -0.39 is 18.0 Å². The van der Waals surface area contributed by atoms with Gasteiger partial charge in [0.05, 0.1) is 5.56 Å². The average Bonchev–Trinajstić information content (AvgIpc) is 2.55. The van der Waals surface area contributed by atoms with Crippen molar-refractivity contribution in [3.05, 3.63) is 64.1 Å². The summed E-state index contributed by atoms with van der Waals surface area (Å²) in [6.45, 7) is 2.97. The lowest BCUT2D eigenvalue weighted by molar-refractivity contribution is -0.123. The van der Waals surface area contributed by atoms with Gasteiger partial charge in [-0.05, 0) is 62.4 Å². The molecular formula is C18H16BrNO4. The lowest BCUT2D eigenvalue weighted by atomic mass is 10.1. The van der Waals surface area contributed by atoms with E-state index in [9.17, 15) is 14.4 Å². The number of amides is 1. The predicted octanol–water partition coefficient (Wildman–Crippen LogP) is 3.84. The summed E-state index contributed by atoms with van der Waals surface area (Å²) in [7, 11) is 0. The highest BCUT2D eigenvalue weighted by atomic mass is 79.9. The first kappa shape index (κ1) is 17.9. The van der Waals surface area contributed by atoms with E-state index in [1.165, 1.54) is 13.8 Å². The number of hydrogen-bond acceptors (Lipinski definition) is 4. The number of anilines is 1. The van der Waals surface area contributed by atoms with Gasteiger partial charge in [-0.2, -0.15) is 0 Å². The number of Topliss-reactive ketones (excluding diaryl/α,β-unsaturated/α-hetero) is 1. The summed E-state index contributed by atoms with van der Waals surface area (Å²) in [6, 6.07) is 13.1. The van der Waals surface area contributed by atoms with Gasteiger partial charge in [-0.25, -0.2) is 4.79 Å². The maximum Gasteiger partial charge on any atom is 0.338 e. The molecule has 2 aromatic carbocycles. The summed E-state index contributed by atoms with van der Waals surface area (Å²) in [5.74, 6) is -1.07. The summed E-state index contributed by atoms with van der Waals surface area (Å²) in [4.78, 5) is 35.3. The number of rotatable bonds is 5. The van der Waals surface area contributed by atoms with E-state index in [-0.39, 0.29) is 5.78 Å². The van der Waals surface area contributed by atoms with Crippen molar-refractivity contribution in [3.63, 3.8) is 0 Å². The maximum atomic E-state index is 12.1. The molecule has 5 nitrogen and oxygen atoms in total. The van der Waals surface area contributed by atoms with Crippen molar-refractivity contribution in [2.45, 2.75) is 20.0 Å². The third-order valence-corrected chi connectivity index (χ3v) is 3.82. The molecule has 124 valence electrons. The lowest BCUT2D eigenvalue weighted by Crippen LogP contribution is -2.30. The van der Waals surface area contributed by atoms with Crippen molar-refractivity contribution in [1.29, 1.82) is 0 Å². The molecule has 6 heteroatoms. The van der Waals surface area contributed by atoms with Crippen LogP contribution in [0.2, 0.25) is 0 Å². The normalized spacial score (nSPS) is 11.5. The van der Waals surface area contributed by atoms with Crippen LogP contribution in [0.15, 0.2) is 53.0 Å². The van der Waals surface area contributed by atoms with E-state index in [2.05, 4.69) is 21.2 Å². The van der Waals surface area contributed by atoms with E-state index in [4.69, 9.17) is 4.74 Å². The smallest absolute Gasteiger partial charge is 0.338 e. The minimum Gasteiger partial charge on any atom is -0.449 e. The van der Waals surface area contributed by atoms with Crippen molar-refractivity contribution < 1.29 is 19.1 Å². The second-order valence-electron chi connectivity index (χ2n) is 5.18. The van der Waals surface area contributed by atoms with Gasteiger partial charge in [0.2, 0.25) is 0 Å². The van der Waals surface area contributed by atoms with Crippen molar-refractivity contribution in [3.8, 4) is 0 Å². The van der Waals surface area contributed by atoms with Crippen LogP contribution in [0.25, 0.3) is 0 Å². The Hall–Kier alpha value is -2.47. The first-order valence-electron chi connectivity index (χ1n) is 7.25. The van der Waals surface area contributed by atoms with Crippen molar-refractivity contribution in [1.82, 2.24) is 0 Å². The first-order valence-corrected chi connectivity index (χ1v) is 8.04. The Morgan fingerprint density at radius 3 is 2.04 bits per heavy atom. The Kier molecular flexibility index (Phi) is 5.87. The number of nitrogens with one attached hydrogen (secondary N) is 1. The molecule has 0 aliphatic heterocycles. The number of hydrogen-bond donors (Lipinski definition) is 1. The molecule has 1 amide bonds. The third kappa shape index (κ3) is 4.76. The molecule has 2 aromatic rings. The molecule has 0 spiro atoms. The van der Waals surface area contributed by atoms with Gasteiger partial charge >= 0.3 is 5.97 Å². The summed E-state index contributed by atoms with van der Waals surface area (Å²) < 4.78 is 6.00. The fourth-order valence-electron chi connectivity index (χ4n) is 1.90. The minimum absolute atomic E-state index is 0.0512. The Labute approximate surface area is 148 Å². The monoisotopic (exact) mass is 389 g/mol. The third-order valence-electron chi connectivity index (χ3n) is 3.29. The van der Waals surface area contributed by atoms with Crippen LogP contribution in [0.3, 0.4) is 0 Å². The molecule has 1 atom stereocenters. The molecule has 0 saturated carbocycles. The molecule has 0 aliphatic carbocycles. The van der Waals surface area contributed by atoms with Crippen molar-refractivity contribution >= 4 is 39.3 Å². The largest absolute Gasteiger partial charge is 0.449 e. The number of benzene rings is 2. The summed E-state index contributed by atoms with van der Waals surface area (Å²) in [6.07, 6.45) is -0.950. The highest BCUT2D eigenvalue weighted by Gasteiger charge is 2.19. The molecule has 0 saturated heterocycles. The number of ketones is 1. The lowest BCUT2D eigenvalue weighted by Gasteiger charge is -2.13. The van der Waals surface area contributed by atoms with Crippen LogP contribution in [-0.2, 0) is 9.53 Å². The van der Waals surface area contributed by atoms with E-state index in [0.29, 0.717) is 16.8 Å². The zero-order valence-electron chi connectivity index (χ0n) is 13.2. The number of carbonyl (C=O) groups is 3. The Morgan fingerprint density at radius 1 is 0.958 bits per heavy atom. The highest BCUT2D eigenvalue weighted by molar-refractivity contribution is 9.10. The fourth-order valence-corrected chi connectivity index (χ4v) is 2.16. The van der Waals surface area contributed by atoms with Gasteiger partial charge in [-0.1, -0.05) is 15.9 Å². The number of carbonyl (C=O) groups excluding carboxylic acids is 3. The molecule has 0 heterocycles. The number of ether oxygens (including phenoxy) is 1. The van der Waals surface area contributed by atoms with Crippen LogP contribution in [0.5, 0.6) is 0 Å². The second kappa shape index (κ2) is 7.88. The van der Waals surface area contributed by atoms with E-state index >= 15 is 0 Å². The molecule has 2 rings (SSSR count). The highest BCUT2D eigenvalue weighted by Crippen LogP contribution is 2.13. The van der Waals surface area contributed by atoms with Gasteiger partial charge < -0.3 is 10.1 Å². The number of halogens is 1. The molecule has 1 unspecified atom stereocenters. The van der Waals surface area contributed by atoms with Crippen LogP contribution in [-0.4, -0.2) is 23.8 Å². The quantitative estimate of drug-likeness (QED) is 0.622. The summed E-state index contributed by atoms with van der Waals surface area (Å²) in [5.41, 5.74) is 1.45. The maximum absolute atomic E-state index is 12.1. The van der Waals surface area contributed by atoms with Gasteiger partial charge in [0.1, 0.15) is 0 Å². The second-order valence-corrected chi connectivity index (χ2v) is 6.09. The van der Waals surface area contributed by atoms with Gasteiger partial charge in [0.15, 0.2) is 11.9 Å². The summed E-state index contributed by atoms with van der Waals surface area (Å²) in [5, 5.41) is 2.64. The predicted molar refractivity (Wildman–Crippen MR) is 94.1 cm³/mol. The molecule has 24 heavy (non-hydrogen) atoms. The molecule has 1 N–H and O–H groups in total. The van der Waals surface area contributed by atoms with Crippen LogP contribution in [0.1, 0.15) is 34.6 Å². The van der Waals surface area contributed by atoms with Gasteiger partial charge in [-0.3, -0.25) is 9.59 Å². The Morgan fingerprint density at radius 2 is 1.50 bits per heavy atom. The Balaban J connectivity index is 1.95. The zero-order valence-corrected chi connectivity index (χ0v) is 14.8. The molecule has 0 aliphatic rings. The molecule has 0 bridgehead atoms. The fraction of sp³-hybridized carbons (Fsp3) is 0.167. The van der Waals surface area contributed by atoms with E-state index in [1.807, 2.05) is 0 Å².